The lowest BCUT2D eigenvalue weighted by molar-refractivity contribution is -0.893. The number of likely N-dealkylation sites (tertiary alicyclic amines) is 1. The Bertz CT molecular complexity index is 1030. The number of β-lactam (4-membered cyclic amide) rings is 1. The summed E-state index contributed by atoms with van der Waals surface area (Å²) in [6.07, 6.45) is 2.21. The number of halogens is 2. The van der Waals surface area contributed by atoms with E-state index >= 15 is 0 Å². The van der Waals surface area contributed by atoms with Crippen LogP contribution in [0.25, 0.3) is 0 Å². The number of quaternary nitrogens is 1. The number of hydrogen-bond donors (Lipinski definition) is 2. The number of carboxylic acids is 1. The van der Waals surface area contributed by atoms with Gasteiger partial charge in [-0.05, 0) is 0 Å². The number of oxime groups is 1. The highest BCUT2D eigenvalue weighted by Crippen LogP contribution is 2.41. The summed E-state index contributed by atoms with van der Waals surface area (Å²) in [5, 5.41) is 19.6. The molecular weight excluding hydrogens is 559 g/mol. The fraction of sp³-hybridized carbons (Fsp3) is 0.526. The summed E-state index contributed by atoms with van der Waals surface area (Å²) >= 11 is 2.57. The molecule has 17 heteroatoms. The van der Waals surface area contributed by atoms with Crippen LogP contribution in [0.15, 0.2) is 21.8 Å². The van der Waals surface area contributed by atoms with Crippen LogP contribution in [0.5, 0.6) is 0 Å². The van der Waals surface area contributed by atoms with Crippen LogP contribution in [0, 0.1) is 0 Å². The number of nitrogens with one attached hydrogen (secondary N) is 1. The molecule has 204 valence electrons. The summed E-state index contributed by atoms with van der Waals surface area (Å²) in [6.45, 7) is 2.53. The fourth-order valence-electron chi connectivity index (χ4n) is 4.41. The SMILES string of the molecule is CO/N=C(\C(=O)NC1C(=O)N2C(C(=O)[O-])=C(C[N+]3(C)CCCC3)CSC12)c1csc(N)n1.Cl.Cl.O.O. The molecule has 2 amide bonds. The van der Waals surface area contributed by atoms with Gasteiger partial charge in [0.15, 0.2) is 10.8 Å². The lowest BCUT2D eigenvalue weighted by Gasteiger charge is -2.51. The minimum atomic E-state index is -1.37. The molecule has 0 bridgehead atoms. The highest BCUT2D eigenvalue weighted by atomic mass is 35.5. The molecule has 2 unspecified atom stereocenters. The van der Waals surface area contributed by atoms with E-state index in [1.165, 1.54) is 23.8 Å². The van der Waals surface area contributed by atoms with Gasteiger partial charge in [0.2, 0.25) is 0 Å². The number of nitrogens with zero attached hydrogens (tertiary/aromatic N) is 4. The highest BCUT2D eigenvalue weighted by molar-refractivity contribution is 8.00. The van der Waals surface area contributed by atoms with E-state index in [0.717, 1.165) is 41.8 Å². The second kappa shape index (κ2) is 13.4. The van der Waals surface area contributed by atoms with Crippen molar-refractivity contribution in [3.8, 4) is 0 Å². The Morgan fingerprint density at radius 2 is 1.97 bits per heavy atom. The van der Waals surface area contributed by atoms with E-state index in [0.29, 0.717) is 17.9 Å². The maximum absolute atomic E-state index is 12.9. The lowest BCUT2D eigenvalue weighted by Crippen LogP contribution is -2.71. The average Bonchev–Trinajstić information content (AvgIpc) is 3.37. The van der Waals surface area contributed by atoms with Crippen molar-refractivity contribution in [2.45, 2.75) is 24.3 Å². The van der Waals surface area contributed by atoms with E-state index in [4.69, 9.17) is 10.6 Å². The zero-order valence-electron chi connectivity index (χ0n) is 19.5. The first-order valence-electron chi connectivity index (χ1n) is 10.1. The van der Waals surface area contributed by atoms with Gasteiger partial charge in [0.1, 0.15) is 30.8 Å². The summed E-state index contributed by atoms with van der Waals surface area (Å²) < 4.78 is 0.757. The van der Waals surface area contributed by atoms with Crippen molar-refractivity contribution in [2.75, 3.05) is 45.3 Å². The number of rotatable bonds is 7. The molecule has 1 aromatic rings. The normalized spacial score (nSPS) is 22.0. The van der Waals surface area contributed by atoms with Crippen molar-refractivity contribution in [1.29, 1.82) is 0 Å². The van der Waals surface area contributed by atoms with Crippen LogP contribution in [0.2, 0.25) is 0 Å². The molecule has 1 aromatic heterocycles. The number of anilines is 1. The third-order valence-electron chi connectivity index (χ3n) is 5.91. The molecule has 2 saturated heterocycles. The minimum Gasteiger partial charge on any atom is -0.543 e. The zero-order valence-corrected chi connectivity index (χ0v) is 22.8. The second-order valence-electron chi connectivity index (χ2n) is 8.23. The van der Waals surface area contributed by atoms with Gasteiger partial charge in [0, 0.05) is 29.5 Å². The summed E-state index contributed by atoms with van der Waals surface area (Å²) in [7, 11) is 3.39. The van der Waals surface area contributed by atoms with Gasteiger partial charge in [0.25, 0.3) is 11.8 Å². The molecule has 0 spiro atoms. The van der Waals surface area contributed by atoms with Gasteiger partial charge < -0.3 is 41.2 Å². The van der Waals surface area contributed by atoms with Crippen molar-refractivity contribution in [3.05, 3.63) is 22.3 Å². The van der Waals surface area contributed by atoms with Gasteiger partial charge >= 0.3 is 0 Å². The van der Waals surface area contributed by atoms with E-state index in [1.54, 1.807) is 5.38 Å². The van der Waals surface area contributed by atoms with E-state index < -0.39 is 29.2 Å². The van der Waals surface area contributed by atoms with Crippen LogP contribution >= 0.6 is 47.9 Å². The maximum atomic E-state index is 12.9. The zero-order chi connectivity index (χ0) is 23.0. The van der Waals surface area contributed by atoms with Crippen molar-refractivity contribution in [1.82, 2.24) is 15.2 Å². The van der Waals surface area contributed by atoms with Crippen molar-refractivity contribution in [3.63, 3.8) is 0 Å². The quantitative estimate of drug-likeness (QED) is 0.155. The summed E-state index contributed by atoms with van der Waals surface area (Å²) in [5.41, 5.74) is 6.39. The van der Waals surface area contributed by atoms with Gasteiger partial charge in [-0.1, -0.05) is 5.16 Å². The number of fused-ring (bicyclic) bond motifs is 1. The second-order valence-corrected chi connectivity index (χ2v) is 10.2. The molecule has 3 aliphatic rings. The third-order valence-corrected chi connectivity index (χ3v) is 7.92. The Balaban J connectivity index is 0.00000306. The Morgan fingerprint density at radius 3 is 2.50 bits per heavy atom. The molecular formula is C19H30Cl2N6O7S2. The lowest BCUT2D eigenvalue weighted by atomic mass is 10.0. The molecule has 7 N–H and O–H groups in total. The molecule has 4 rings (SSSR count). The van der Waals surface area contributed by atoms with Crippen LogP contribution in [0.1, 0.15) is 18.5 Å². The smallest absolute Gasteiger partial charge is 0.276 e. The Hall–Kier alpha value is -2.14. The molecule has 3 aliphatic heterocycles. The number of nitrogen functional groups attached to an aromatic ring is 1. The molecule has 0 radical (unpaired) electrons. The Morgan fingerprint density at radius 1 is 1.33 bits per heavy atom. The number of aromatic nitrogens is 1. The monoisotopic (exact) mass is 588 g/mol. The minimum absolute atomic E-state index is 0. The highest BCUT2D eigenvalue weighted by Gasteiger charge is 2.53. The first kappa shape index (κ1) is 33.9. The predicted octanol–water partition coefficient (Wildman–Crippen LogP) is -2.09. The van der Waals surface area contributed by atoms with Crippen molar-refractivity contribution < 1.29 is 39.8 Å². The number of carboxylic acid groups (broad SMARTS) is 1. The van der Waals surface area contributed by atoms with E-state index in [1.807, 2.05) is 0 Å². The molecule has 4 heterocycles. The number of nitrogens with two attached hydrogens (primary N) is 1. The number of carbonyl (C=O) groups is 3. The first-order chi connectivity index (χ1) is 15.2. The first-order valence-corrected chi connectivity index (χ1v) is 12.0. The van der Waals surface area contributed by atoms with E-state index in [9.17, 15) is 19.5 Å². The van der Waals surface area contributed by atoms with E-state index in [2.05, 4.69) is 22.5 Å². The number of thioether (sulfide) groups is 1. The number of aliphatic carboxylic acids is 1. The third kappa shape index (κ3) is 6.40. The standard InChI is InChI=1S/C19H24N6O5S2.2ClH.2H2O/c1-25(5-3-4-6-25)7-10-8-31-17-13(16(27)24(17)14(10)18(28)29)22-15(26)12(23-30-2)11-9-32-19(20)21-11;;;;/h9,13,17H,3-8H2,1-2H3,(H3-,20,21,22,26,28,29);2*1H;2*1H2/b23-12-;;;;. The fourth-order valence-corrected chi connectivity index (χ4v) is 6.30. The number of likely N-dealkylation sites (N-methyl/N-ethyl adjacent to an activating group) is 1. The summed E-state index contributed by atoms with van der Waals surface area (Å²) in [5.74, 6) is -2.06. The van der Waals surface area contributed by atoms with Crippen LogP contribution in [-0.4, -0.2) is 99.8 Å². The topological polar surface area (TPSA) is 213 Å². The molecule has 36 heavy (non-hydrogen) atoms. The molecule has 2 fully saturated rings. The Labute approximate surface area is 228 Å². The van der Waals surface area contributed by atoms with Gasteiger partial charge in [0.05, 0.1) is 31.8 Å². The number of hydrogen-bond acceptors (Lipinski definition) is 10. The molecule has 13 nitrogen and oxygen atoms in total. The summed E-state index contributed by atoms with van der Waals surface area (Å²) in [4.78, 5) is 47.7. The maximum Gasteiger partial charge on any atom is 0.276 e. The molecule has 2 atom stereocenters. The predicted molar refractivity (Wildman–Crippen MR) is 139 cm³/mol. The Kier molecular flexibility index (Phi) is 12.6. The molecule has 0 aliphatic carbocycles. The largest absolute Gasteiger partial charge is 0.543 e. The number of thiazole rings is 1. The molecule has 0 saturated carbocycles. The van der Waals surface area contributed by atoms with E-state index in [-0.39, 0.29) is 58.0 Å². The number of amides is 2. The van der Waals surface area contributed by atoms with Gasteiger partial charge in [-0.3, -0.25) is 14.5 Å². The average molecular weight is 590 g/mol. The van der Waals surface area contributed by atoms with Crippen LogP contribution in [-0.2, 0) is 19.2 Å². The van der Waals surface area contributed by atoms with Crippen LogP contribution in [0.3, 0.4) is 0 Å². The van der Waals surface area contributed by atoms with Gasteiger partial charge in [-0.15, -0.1) is 47.9 Å². The number of carbonyl (C=O) groups excluding carboxylic acids is 3. The van der Waals surface area contributed by atoms with Crippen molar-refractivity contribution >= 4 is 76.5 Å². The van der Waals surface area contributed by atoms with Crippen molar-refractivity contribution in [2.24, 2.45) is 5.16 Å². The molecule has 0 aromatic carbocycles. The van der Waals surface area contributed by atoms with Gasteiger partial charge in [-0.25, -0.2) is 4.98 Å². The van der Waals surface area contributed by atoms with Gasteiger partial charge in [-0.2, -0.15) is 0 Å². The van der Waals surface area contributed by atoms with Crippen LogP contribution in [0.4, 0.5) is 5.13 Å². The summed E-state index contributed by atoms with van der Waals surface area (Å²) in [6, 6.07) is -0.891. The van der Waals surface area contributed by atoms with Crippen LogP contribution < -0.4 is 16.2 Å².